The Hall–Kier alpha value is -2.48. The van der Waals surface area contributed by atoms with E-state index >= 15 is 0 Å². The molecule has 8 nitrogen and oxygen atoms in total. The molecule has 2 aromatic rings. The van der Waals surface area contributed by atoms with Crippen LogP contribution < -0.4 is 14.7 Å². The molecule has 5 rings (SSSR count). The minimum Gasteiger partial charge on any atom is -0.378 e. The molecule has 0 unspecified atom stereocenters. The molecular formula is C19H25N7O. The van der Waals surface area contributed by atoms with Crippen LogP contribution in [0.25, 0.3) is 0 Å². The van der Waals surface area contributed by atoms with Crippen LogP contribution in [0.4, 0.5) is 17.5 Å². The summed E-state index contributed by atoms with van der Waals surface area (Å²) in [5.74, 6) is 4.55. The highest BCUT2D eigenvalue weighted by Crippen LogP contribution is 2.38. The molecule has 2 aromatic heterocycles. The standard InChI is InChI=1S/C19H25N7O/c1-2-15(1)19-20-6-5-16(21-19)24-7-9-25(10-8-24)17-3-4-18(23-22-17)26-11-13-27-14-12-26/h3-6,15H,1-2,7-14H2. The van der Waals surface area contributed by atoms with Crippen LogP contribution in [0.5, 0.6) is 0 Å². The Balaban J connectivity index is 1.20. The third kappa shape index (κ3) is 3.66. The van der Waals surface area contributed by atoms with Gasteiger partial charge >= 0.3 is 0 Å². The molecule has 142 valence electrons. The number of nitrogens with zero attached hydrogens (tertiary/aromatic N) is 7. The van der Waals surface area contributed by atoms with E-state index in [0.717, 1.165) is 75.8 Å². The number of morpholine rings is 1. The summed E-state index contributed by atoms with van der Waals surface area (Å²) in [6.45, 7) is 7.02. The maximum atomic E-state index is 5.40. The molecule has 2 aliphatic heterocycles. The first-order valence-corrected chi connectivity index (χ1v) is 9.86. The molecule has 4 heterocycles. The van der Waals surface area contributed by atoms with Crippen molar-refractivity contribution in [3.05, 3.63) is 30.2 Å². The van der Waals surface area contributed by atoms with Gasteiger partial charge in [-0.05, 0) is 31.0 Å². The highest BCUT2D eigenvalue weighted by molar-refractivity contribution is 5.48. The predicted octanol–water partition coefficient (Wildman–Crippen LogP) is 1.31. The van der Waals surface area contributed by atoms with Gasteiger partial charge in [-0.2, -0.15) is 0 Å². The second kappa shape index (κ2) is 7.26. The zero-order valence-electron chi connectivity index (χ0n) is 15.5. The minimum absolute atomic E-state index is 0.589. The number of hydrogen-bond acceptors (Lipinski definition) is 8. The second-order valence-corrected chi connectivity index (χ2v) is 7.37. The molecule has 1 saturated carbocycles. The van der Waals surface area contributed by atoms with Crippen LogP contribution in [0.15, 0.2) is 24.4 Å². The van der Waals surface area contributed by atoms with Crippen molar-refractivity contribution < 1.29 is 4.74 Å². The van der Waals surface area contributed by atoms with Crippen LogP contribution in [0, 0.1) is 0 Å². The van der Waals surface area contributed by atoms with Crippen molar-refractivity contribution in [2.75, 3.05) is 67.2 Å². The lowest BCUT2D eigenvalue weighted by atomic mass is 10.3. The summed E-state index contributed by atoms with van der Waals surface area (Å²) >= 11 is 0. The van der Waals surface area contributed by atoms with Crippen LogP contribution in [0.3, 0.4) is 0 Å². The zero-order chi connectivity index (χ0) is 18.1. The van der Waals surface area contributed by atoms with Crippen molar-refractivity contribution in [1.82, 2.24) is 20.2 Å². The van der Waals surface area contributed by atoms with Crippen LogP contribution in [0.2, 0.25) is 0 Å². The number of ether oxygens (including phenoxy) is 1. The molecule has 1 aliphatic carbocycles. The SMILES string of the molecule is c1cc(N2CCN(c3ccc(N4CCOCC4)nn3)CC2)nc(C2CC2)n1. The number of hydrogen-bond donors (Lipinski definition) is 0. The minimum atomic E-state index is 0.589. The van der Waals surface area contributed by atoms with Gasteiger partial charge in [0, 0.05) is 51.4 Å². The lowest BCUT2D eigenvalue weighted by Gasteiger charge is -2.36. The number of aromatic nitrogens is 4. The van der Waals surface area contributed by atoms with Crippen molar-refractivity contribution in [2.45, 2.75) is 18.8 Å². The first-order valence-electron chi connectivity index (χ1n) is 9.86. The molecule has 0 aromatic carbocycles. The Bertz CT molecular complexity index is 766. The zero-order valence-corrected chi connectivity index (χ0v) is 15.5. The summed E-state index contributed by atoms with van der Waals surface area (Å²) in [7, 11) is 0. The van der Waals surface area contributed by atoms with Crippen LogP contribution in [0.1, 0.15) is 24.6 Å². The van der Waals surface area contributed by atoms with Crippen molar-refractivity contribution in [2.24, 2.45) is 0 Å². The molecule has 0 radical (unpaired) electrons. The molecule has 0 atom stereocenters. The van der Waals surface area contributed by atoms with Crippen molar-refractivity contribution in [3.8, 4) is 0 Å². The van der Waals surface area contributed by atoms with Gasteiger partial charge in [0.2, 0.25) is 0 Å². The van der Waals surface area contributed by atoms with E-state index in [4.69, 9.17) is 9.72 Å². The molecule has 3 aliphatic rings. The summed E-state index contributed by atoms with van der Waals surface area (Å²) < 4.78 is 5.40. The molecule has 3 fully saturated rings. The van der Waals surface area contributed by atoms with Crippen molar-refractivity contribution in [1.29, 1.82) is 0 Å². The first kappa shape index (κ1) is 16.7. The lowest BCUT2D eigenvalue weighted by molar-refractivity contribution is 0.122. The Morgan fingerprint density at radius 3 is 1.93 bits per heavy atom. The summed E-state index contributed by atoms with van der Waals surface area (Å²) in [5, 5.41) is 8.91. The van der Waals surface area contributed by atoms with Crippen molar-refractivity contribution >= 4 is 17.5 Å². The van der Waals surface area contributed by atoms with Crippen LogP contribution in [-0.4, -0.2) is 72.6 Å². The highest BCUT2D eigenvalue weighted by atomic mass is 16.5. The monoisotopic (exact) mass is 367 g/mol. The van der Waals surface area contributed by atoms with Gasteiger partial charge in [-0.3, -0.25) is 0 Å². The van der Waals surface area contributed by atoms with E-state index in [0.29, 0.717) is 5.92 Å². The molecule has 0 N–H and O–H groups in total. The molecule has 0 bridgehead atoms. The fraction of sp³-hybridized carbons (Fsp3) is 0.579. The third-order valence-corrected chi connectivity index (χ3v) is 5.50. The Kier molecular flexibility index (Phi) is 4.49. The molecular weight excluding hydrogens is 342 g/mol. The van der Waals surface area contributed by atoms with Crippen LogP contribution in [-0.2, 0) is 4.74 Å². The average molecular weight is 367 g/mol. The van der Waals surface area contributed by atoms with E-state index < -0.39 is 0 Å². The van der Waals surface area contributed by atoms with E-state index in [1.54, 1.807) is 0 Å². The summed E-state index contributed by atoms with van der Waals surface area (Å²) in [4.78, 5) is 16.1. The van der Waals surface area contributed by atoms with Gasteiger partial charge in [-0.15, -0.1) is 10.2 Å². The molecule has 2 saturated heterocycles. The first-order chi connectivity index (χ1) is 13.4. The maximum absolute atomic E-state index is 5.40. The van der Waals surface area contributed by atoms with Gasteiger partial charge in [0.1, 0.15) is 11.6 Å². The third-order valence-electron chi connectivity index (χ3n) is 5.50. The highest BCUT2D eigenvalue weighted by Gasteiger charge is 2.27. The topological polar surface area (TPSA) is 70.5 Å². The van der Waals surface area contributed by atoms with Gasteiger partial charge < -0.3 is 19.4 Å². The Morgan fingerprint density at radius 2 is 1.33 bits per heavy atom. The molecule has 0 amide bonds. The van der Waals surface area contributed by atoms with Gasteiger partial charge in [0.05, 0.1) is 13.2 Å². The molecule has 27 heavy (non-hydrogen) atoms. The maximum Gasteiger partial charge on any atom is 0.151 e. The fourth-order valence-electron chi connectivity index (χ4n) is 3.69. The summed E-state index contributed by atoms with van der Waals surface area (Å²) in [6.07, 6.45) is 4.37. The van der Waals surface area contributed by atoms with Gasteiger partial charge in [0.25, 0.3) is 0 Å². The number of rotatable bonds is 4. The van der Waals surface area contributed by atoms with E-state index in [2.05, 4.69) is 42.0 Å². The van der Waals surface area contributed by atoms with Gasteiger partial charge in [-0.1, -0.05) is 0 Å². The number of anilines is 3. The Labute approximate surface area is 159 Å². The van der Waals surface area contributed by atoms with Crippen molar-refractivity contribution in [3.63, 3.8) is 0 Å². The Morgan fingerprint density at radius 1 is 0.741 bits per heavy atom. The van der Waals surface area contributed by atoms with E-state index in [9.17, 15) is 0 Å². The molecule has 0 spiro atoms. The van der Waals surface area contributed by atoms with Gasteiger partial charge in [0.15, 0.2) is 11.6 Å². The van der Waals surface area contributed by atoms with E-state index in [1.165, 1.54) is 12.8 Å². The normalized spacial score (nSPS) is 20.8. The van der Waals surface area contributed by atoms with Gasteiger partial charge in [-0.25, -0.2) is 9.97 Å². The average Bonchev–Trinajstić information content (AvgIpc) is 3.60. The predicted molar refractivity (Wildman–Crippen MR) is 103 cm³/mol. The van der Waals surface area contributed by atoms with E-state index in [1.807, 2.05) is 12.3 Å². The number of piperazine rings is 1. The summed E-state index contributed by atoms with van der Waals surface area (Å²) in [6, 6.07) is 6.19. The lowest BCUT2D eigenvalue weighted by Crippen LogP contribution is -2.47. The largest absolute Gasteiger partial charge is 0.378 e. The second-order valence-electron chi connectivity index (χ2n) is 7.37. The fourth-order valence-corrected chi connectivity index (χ4v) is 3.69. The smallest absolute Gasteiger partial charge is 0.151 e. The molecule has 8 heteroatoms. The quantitative estimate of drug-likeness (QED) is 0.801. The van der Waals surface area contributed by atoms with E-state index in [-0.39, 0.29) is 0 Å². The summed E-state index contributed by atoms with van der Waals surface area (Å²) in [5.41, 5.74) is 0. The van der Waals surface area contributed by atoms with Crippen LogP contribution >= 0.6 is 0 Å².